The molecule has 8 heteroatoms. The van der Waals surface area contributed by atoms with Crippen molar-refractivity contribution < 1.29 is 9.21 Å². The van der Waals surface area contributed by atoms with Gasteiger partial charge in [-0.05, 0) is 62.8 Å². The van der Waals surface area contributed by atoms with Crippen molar-refractivity contribution in [2.75, 3.05) is 23.3 Å². The van der Waals surface area contributed by atoms with Gasteiger partial charge in [0.25, 0.3) is 0 Å². The normalized spacial score (nSPS) is 17.2. The van der Waals surface area contributed by atoms with E-state index in [1.54, 1.807) is 17.6 Å². The average molecular weight is 410 g/mol. The molecule has 150 valence electrons. The van der Waals surface area contributed by atoms with E-state index >= 15 is 0 Å². The molecule has 5 rings (SSSR count). The van der Waals surface area contributed by atoms with Crippen molar-refractivity contribution in [1.82, 2.24) is 15.2 Å². The van der Waals surface area contributed by atoms with Gasteiger partial charge in [0.1, 0.15) is 5.69 Å². The van der Waals surface area contributed by atoms with Crippen LogP contribution in [0.3, 0.4) is 0 Å². The molecule has 0 saturated carbocycles. The first-order valence-electron chi connectivity index (χ1n) is 10.2. The summed E-state index contributed by atoms with van der Waals surface area (Å²) in [5.41, 5.74) is 1.90. The molecule has 0 aromatic carbocycles. The van der Waals surface area contributed by atoms with Crippen molar-refractivity contribution >= 4 is 28.2 Å². The number of carbonyl (C=O) groups is 1. The lowest BCUT2D eigenvalue weighted by atomic mass is 9.96. The summed E-state index contributed by atoms with van der Waals surface area (Å²) in [7, 11) is 0. The number of fused-ring (bicyclic) bond motifs is 1. The van der Waals surface area contributed by atoms with Crippen molar-refractivity contribution in [1.29, 1.82) is 0 Å². The minimum atomic E-state index is 0.0162. The number of carbonyl (C=O) groups excluding carboxylic acids is 1. The Hall–Kier alpha value is -2.74. The molecule has 1 fully saturated rings. The first kappa shape index (κ1) is 18.3. The summed E-state index contributed by atoms with van der Waals surface area (Å²) < 4.78 is 5.36. The standard InChI is InChI=1S/C21H23N5O2S/c27-20(23-21-22-16-4-1-2-6-18(16)29-21)14-9-11-26(12-10-14)19-8-7-15(24-25-19)17-5-3-13-28-17/h3,5,7-8,13-14H,1-2,4,6,9-12H2,(H,22,23,27). The largest absolute Gasteiger partial charge is 0.463 e. The summed E-state index contributed by atoms with van der Waals surface area (Å²) in [5, 5.41) is 12.4. The maximum atomic E-state index is 12.7. The number of aryl methyl sites for hydroxylation is 2. The molecule has 2 aliphatic rings. The summed E-state index contributed by atoms with van der Waals surface area (Å²) in [6.07, 6.45) is 7.81. The zero-order valence-corrected chi connectivity index (χ0v) is 17.0. The molecule has 3 aromatic rings. The number of thiazole rings is 1. The molecule has 3 aromatic heterocycles. The van der Waals surface area contributed by atoms with E-state index in [9.17, 15) is 4.79 Å². The van der Waals surface area contributed by atoms with Crippen LogP contribution in [0.2, 0.25) is 0 Å². The van der Waals surface area contributed by atoms with Gasteiger partial charge >= 0.3 is 0 Å². The van der Waals surface area contributed by atoms with Crippen molar-refractivity contribution in [2.45, 2.75) is 38.5 Å². The van der Waals surface area contributed by atoms with E-state index < -0.39 is 0 Å². The third-order valence-electron chi connectivity index (χ3n) is 5.69. The summed E-state index contributed by atoms with van der Waals surface area (Å²) >= 11 is 1.65. The summed E-state index contributed by atoms with van der Waals surface area (Å²) in [4.78, 5) is 20.9. The van der Waals surface area contributed by atoms with Crippen LogP contribution >= 0.6 is 11.3 Å². The number of rotatable bonds is 4. The lowest BCUT2D eigenvalue weighted by Gasteiger charge is -2.31. The fourth-order valence-corrected chi connectivity index (χ4v) is 5.09. The highest BCUT2D eigenvalue weighted by Crippen LogP contribution is 2.30. The number of piperidine rings is 1. The first-order valence-corrected chi connectivity index (χ1v) is 11.0. The molecular weight excluding hydrogens is 386 g/mol. The van der Waals surface area contributed by atoms with Gasteiger partial charge in [0.15, 0.2) is 16.7 Å². The van der Waals surface area contributed by atoms with Crippen LogP contribution in [-0.2, 0) is 17.6 Å². The fraction of sp³-hybridized carbons (Fsp3) is 0.429. The minimum absolute atomic E-state index is 0.0162. The van der Waals surface area contributed by atoms with E-state index in [4.69, 9.17) is 4.42 Å². The number of hydrogen-bond donors (Lipinski definition) is 1. The van der Waals surface area contributed by atoms with Crippen molar-refractivity contribution in [2.24, 2.45) is 5.92 Å². The Labute approximate surface area is 173 Å². The van der Waals surface area contributed by atoms with Crippen LogP contribution in [0.15, 0.2) is 34.9 Å². The van der Waals surface area contributed by atoms with Gasteiger partial charge in [-0.15, -0.1) is 21.5 Å². The van der Waals surface area contributed by atoms with Gasteiger partial charge in [-0.1, -0.05) is 0 Å². The van der Waals surface area contributed by atoms with Crippen LogP contribution in [0.4, 0.5) is 10.9 Å². The molecule has 0 unspecified atom stereocenters. The average Bonchev–Trinajstić information content (AvgIpc) is 3.43. The highest BCUT2D eigenvalue weighted by atomic mass is 32.1. The minimum Gasteiger partial charge on any atom is -0.463 e. The Kier molecular flexibility index (Phi) is 5.01. The van der Waals surface area contributed by atoms with Crippen LogP contribution in [0.5, 0.6) is 0 Å². The van der Waals surface area contributed by atoms with Crippen molar-refractivity contribution in [3.63, 3.8) is 0 Å². The van der Waals surface area contributed by atoms with E-state index in [1.807, 2.05) is 24.3 Å². The number of nitrogens with one attached hydrogen (secondary N) is 1. The monoisotopic (exact) mass is 409 g/mol. The van der Waals surface area contributed by atoms with Gasteiger partial charge in [-0.25, -0.2) is 4.98 Å². The molecule has 1 amide bonds. The van der Waals surface area contributed by atoms with Crippen molar-refractivity contribution in [3.8, 4) is 11.5 Å². The number of aromatic nitrogens is 3. The maximum Gasteiger partial charge on any atom is 0.229 e. The zero-order chi connectivity index (χ0) is 19.6. The second-order valence-corrected chi connectivity index (χ2v) is 8.68. The Morgan fingerprint density at radius 3 is 2.72 bits per heavy atom. The number of anilines is 2. The molecule has 0 bridgehead atoms. The molecule has 0 spiro atoms. The molecule has 7 nitrogen and oxygen atoms in total. The Morgan fingerprint density at radius 2 is 2.00 bits per heavy atom. The molecule has 4 heterocycles. The molecule has 1 aliphatic carbocycles. The molecule has 29 heavy (non-hydrogen) atoms. The number of amides is 1. The SMILES string of the molecule is O=C(Nc1nc2c(s1)CCCC2)C1CCN(c2ccc(-c3ccco3)nn2)CC1. The highest BCUT2D eigenvalue weighted by molar-refractivity contribution is 7.15. The second kappa shape index (κ2) is 7.94. The lowest BCUT2D eigenvalue weighted by Crippen LogP contribution is -2.38. The lowest BCUT2D eigenvalue weighted by molar-refractivity contribution is -0.120. The molecule has 1 aliphatic heterocycles. The third-order valence-corrected chi connectivity index (χ3v) is 6.76. The predicted octanol–water partition coefficient (Wildman–Crippen LogP) is 3.93. The number of hydrogen-bond acceptors (Lipinski definition) is 7. The molecule has 0 atom stereocenters. The van der Waals surface area contributed by atoms with E-state index in [-0.39, 0.29) is 11.8 Å². The smallest absolute Gasteiger partial charge is 0.229 e. The highest BCUT2D eigenvalue weighted by Gasteiger charge is 2.27. The zero-order valence-electron chi connectivity index (χ0n) is 16.1. The Bertz CT molecular complexity index is 952. The molecule has 0 radical (unpaired) electrons. The number of furan rings is 1. The Balaban J connectivity index is 1.17. The van der Waals surface area contributed by atoms with Crippen LogP contribution in [0.25, 0.3) is 11.5 Å². The van der Waals surface area contributed by atoms with Crippen molar-refractivity contribution in [3.05, 3.63) is 41.1 Å². The van der Waals surface area contributed by atoms with Crippen LogP contribution in [0.1, 0.15) is 36.3 Å². The topological polar surface area (TPSA) is 84.2 Å². The van der Waals surface area contributed by atoms with Gasteiger partial charge in [0, 0.05) is 23.9 Å². The Morgan fingerprint density at radius 1 is 1.14 bits per heavy atom. The van der Waals surface area contributed by atoms with Gasteiger partial charge in [-0.2, -0.15) is 0 Å². The van der Waals surface area contributed by atoms with Gasteiger partial charge in [0.2, 0.25) is 5.91 Å². The summed E-state index contributed by atoms with van der Waals surface area (Å²) in [5.74, 6) is 1.66. The van der Waals surface area contributed by atoms with Crippen LogP contribution in [0, 0.1) is 5.92 Å². The van der Waals surface area contributed by atoms with Crippen LogP contribution in [-0.4, -0.2) is 34.2 Å². The van der Waals surface area contributed by atoms with E-state index in [2.05, 4.69) is 25.4 Å². The molecular formula is C21H23N5O2S. The third kappa shape index (κ3) is 3.89. The van der Waals surface area contributed by atoms with Gasteiger partial charge in [0.05, 0.1) is 12.0 Å². The second-order valence-electron chi connectivity index (χ2n) is 7.60. The summed E-state index contributed by atoms with van der Waals surface area (Å²) in [6.45, 7) is 1.59. The fourth-order valence-electron chi connectivity index (χ4n) is 4.03. The molecule has 1 saturated heterocycles. The van der Waals surface area contributed by atoms with E-state index in [1.165, 1.54) is 23.4 Å². The van der Waals surface area contributed by atoms with Gasteiger partial charge in [-0.3, -0.25) is 4.79 Å². The first-order chi connectivity index (χ1) is 14.3. The van der Waals surface area contributed by atoms with Crippen LogP contribution < -0.4 is 10.2 Å². The summed E-state index contributed by atoms with van der Waals surface area (Å²) in [6, 6.07) is 7.59. The van der Waals surface area contributed by atoms with E-state index in [0.29, 0.717) is 5.76 Å². The predicted molar refractivity (Wildman–Crippen MR) is 112 cm³/mol. The maximum absolute atomic E-state index is 12.7. The molecule has 1 N–H and O–H groups in total. The quantitative estimate of drug-likeness (QED) is 0.703. The van der Waals surface area contributed by atoms with Gasteiger partial charge < -0.3 is 14.6 Å². The van der Waals surface area contributed by atoms with E-state index in [0.717, 1.165) is 55.4 Å². The number of nitrogens with zero attached hydrogens (tertiary/aromatic N) is 4.